The molecule has 0 spiro atoms. The number of hydrogen-bond acceptors (Lipinski definition) is 2. The van der Waals surface area contributed by atoms with Gasteiger partial charge in [0, 0.05) is 0 Å². The first kappa shape index (κ1) is 8.05. The quantitative estimate of drug-likeness (QED) is 0.437. The second kappa shape index (κ2) is 2.53. The summed E-state index contributed by atoms with van der Waals surface area (Å²) in [6.07, 6.45) is 0. The largest absolute Gasteiger partial charge is 0.291 e. The molecule has 0 N–H and O–H groups in total. The first-order valence-corrected chi connectivity index (χ1v) is 3.52. The molecule has 54 valence electrons. The van der Waals surface area contributed by atoms with Gasteiger partial charge < -0.3 is 0 Å². The van der Waals surface area contributed by atoms with Gasteiger partial charge in [-0.2, -0.15) is 0 Å². The van der Waals surface area contributed by atoms with Gasteiger partial charge in [-0.05, 0) is 0 Å². The highest BCUT2D eigenvalue weighted by Crippen LogP contribution is 2.28. The van der Waals surface area contributed by atoms with Gasteiger partial charge in [-0.3, -0.25) is 9.59 Å². The predicted molar refractivity (Wildman–Crippen MR) is 38.4 cm³/mol. The number of carbonyl (C=O) groups is 2. The summed E-state index contributed by atoms with van der Waals surface area (Å²) >= 11 is 15.9. The van der Waals surface area contributed by atoms with Gasteiger partial charge in [0.2, 0.25) is 11.6 Å². The SMILES string of the molecule is O=C1C(Cl)=C(Cl)C(=O)C1Cl. The Morgan fingerprint density at radius 1 is 1.00 bits per heavy atom. The molecule has 0 fully saturated rings. The summed E-state index contributed by atoms with van der Waals surface area (Å²) in [6, 6.07) is 0. The third kappa shape index (κ3) is 0.965. The molecule has 0 aliphatic heterocycles. The van der Waals surface area contributed by atoms with Gasteiger partial charge in [0.15, 0.2) is 5.38 Å². The smallest absolute Gasteiger partial charge is 0.201 e. The number of Topliss-reactive ketones (excluding diaryl/α,β-unsaturated/α-hetero) is 2. The van der Waals surface area contributed by atoms with Gasteiger partial charge in [0.05, 0.1) is 0 Å². The first-order chi connectivity index (χ1) is 4.55. The number of rotatable bonds is 0. The van der Waals surface area contributed by atoms with E-state index in [4.69, 9.17) is 34.8 Å². The summed E-state index contributed by atoms with van der Waals surface area (Å²) in [6.45, 7) is 0. The molecule has 0 atom stereocenters. The van der Waals surface area contributed by atoms with Crippen molar-refractivity contribution in [3.8, 4) is 0 Å². The molecule has 1 rings (SSSR count). The van der Waals surface area contributed by atoms with Crippen molar-refractivity contribution in [2.24, 2.45) is 0 Å². The molecule has 0 unspecified atom stereocenters. The molecule has 1 aliphatic rings. The van der Waals surface area contributed by atoms with Crippen molar-refractivity contribution in [1.82, 2.24) is 0 Å². The van der Waals surface area contributed by atoms with Crippen LogP contribution in [0.1, 0.15) is 0 Å². The number of carbonyl (C=O) groups excluding carboxylic acids is 2. The van der Waals surface area contributed by atoms with Crippen LogP contribution in [-0.2, 0) is 9.59 Å². The highest BCUT2D eigenvalue weighted by atomic mass is 35.5. The maximum Gasteiger partial charge on any atom is 0.201 e. The maximum atomic E-state index is 10.7. The lowest BCUT2D eigenvalue weighted by Crippen LogP contribution is -2.15. The minimum atomic E-state index is -1.21. The Morgan fingerprint density at radius 3 is 1.40 bits per heavy atom. The minimum Gasteiger partial charge on any atom is -0.291 e. The number of ketones is 2. The van der Waals surface area contributed by atoms with E-state index in [1.54, 1.807) is 0 Å². The standard InChI is InChI=1S/C5HCl3O2/c6-1-2(7)5(10)3(8)4(1)9/h3H. The molecule has 0 aromatic heterocycles. The van der Waals surface area contributed by atoms with Gasteiger partial charge in [-0.15, -0.1) is 11.6 Å². The summed E-state index contributed by atoms with van der Waals surface area (Å²) in [4.78, 5) is 21.4. The van der Waals surface area contributed by atoms with Gasteiger partial charge in [0.25, 0.3) is 0 Å². The van der Waals surface area contributed by atoms with Crippen LogP contribution in [0.3, 0.4) is 0 Å². The number of hydrogen-bond donors (Lipinski definition) is 0. The fraction of sp³-hybridized carbons (Fsp3) is 0.200. The van der Waals surface area contributed by atoms with Crippen molar-refractivity contribution in [3.05, 3.63) is 10.1 Å². The Morgan fingerprint density at radius 2 is 1.30 bits per heavy atom. The Kier molecular flexibility index (Phi) is 2.04. The first-order valence-electron chi connectivity index (χ1n) is 2.33. The van der Waals surface area contributed by atoms with Crippen molar-refractivity contribution in [1.29, 1.82) is 0 Å². The molecule has 0 aromatic rings. The van der Waals surface area contributed by atoms with Crippen LogP contribution in [0, 0.1) is 0 Å². The molecule has 0 bridgehead atoms. The van der Waals surface area contributed by atoms with Crippen LogP contribution in [0.4, 0.5) is 0 Å². The van der Waals surface area contributed by atoms with Gasteiger partial charge in [0.1, 0.15) is 10.1 Å². The highest BCUT2D eigenvalue weighted by Gasteiger charge is 2.37. The van der Waals surface area contributed by atoms with E-state index in [1.165, 1.54) is 0 Å². The van der Waals surface area contributed by atoms with Crippen LogP contribution < -0.4 is 0 Å². The van der Waals surface area contributed by atoms with Crippen LogP contribution in [0.25, 0.3) is 0 Å². The van der Waals surface area contributed by atoms with Gasteiger partial charge in [-0.1, -0.05) is 23.2 Å². The molecule has 2 nitrogen and oxygen atoms in total. The molecule has 0 amide bonds. The van der Waals surface area contributed by atoms with Crippen molar-refractivity contribution in [2.75, 3.05) is 0 Å². The summed E-state index contributed by atoms with van der Waals surface area (Å²) < 4.78 is 0. The lowest BCUT2D eigenvalue weighted by molar-refractivity contribution is -0.120. The zero-order valence-electron chi connectivity index (χ0n) is 4.53. The van der Waals surface area contributed by atoms with E-state index in [2.05, 4.69) is 0 Å². The van der Waals surface area contributed by atoms with Gasteiger partial charge in [-0.25, -0.2) is 0 Å². The molecular weight excluding hydrogens is 198 g/mol. The number of halogens is 3. The van der Waals surface area contributed by atoms with E-state index >= 15 is 0 Å². The Bertz CT molecular complexity index is 219. The van der Waals surface area contributed by atoms with Crippen LogP contribution in [0.2, 0.25) is 0 Å². The third-order valence-corrected chi connectivity index (χ3v) is 2.33. The summed E-state index contributed by atoms with van der Waals surface area (Å²) in [7, 11) is 0. The summed E-state index contributed by atoms with van der Waals surface area (Å²) in [5, 5.41) is -1.72. The van der Waals surface area contributed by atoms with E-state index in [1.807, 2.05) is 0 Å². The topological polar surface area (TPSA) is 34.1 Å². The second-order valence-electron chi connectivity index (χ2n) is 1.72. The van der Waals surface area contributed by atoms with Crippen LogP contribution in [-0.4, -0.2) is 16.9 Å². The predicted octanol–water partition coefficient (Wildman–Crippen LogP) is 1.43. The number of alkyl halides is 1. The molecule has 0 saturated heterocycles. The van der Waals surface area contributed by atoms with Crippen molar-refractivity contribution in [3.63, 3.8) is 0 Å². The molecule has 0 radical (unpaired) electrons. The maximum absolute atomic E-state index is 10.7. The second-order valence-corrected chi connectivity index (χ2v) is 2.91. The van der Waals surface area contributed by atoms with E-state index in [0.717, 1.165) is 0 Å². The molecular formula is C5HCl3O2. The average Bonchev–Trinajstić information content (AvgIpc) is 2.07. The summed E-state index contributed by atoms with van der Waals surface area (Å²) in [5.41, 5.74) is 0. The fourth-order valence-corrected chi connectivity index (χ4v) is 1.29. The number of allylic oxidation sites excluding steroid dienone is 2. The van der Waals surface area contributed by atoms with E-state index in [9.17, 15) is 9.59 Å². The molecule has 0 heterocycles. The average molecular weight is 199 g/mol. The lowest BCUT2D eigenvalue weighted by atomic mass is 10.3. The monoisotopic (exact) mass is 198 g/mol. The zero-order valence-corrected chi connectivity index (χ0v) is 6.80. The molecule has 5 heteroatoms. The zero-order chi connectivity index (χ0) is 7.89. The Balaban J connectivity index is 3.11. The van der Waals surface area contributed by atoms with Gasteiger partial charge >= 0.3 is 0 Å². The molecule has 1 aliphatic carbocycles. The minimum absolute atomic E-state index is 0.258. The van der Waals surface area contributed by atoms with Crippen LogP contribution >= 0.6 is 34.8 Å². The lowest BCUT2D eigenvalue weighted by Gasteiger charge is -1.90. The van der Waals surface area contributed by atoms with Crippen molar-refractivity contribution < 1.29 is 9.59 Å². The van der Waals surface area contributed by atoms with Crippen LogP contribution in [0.5, 0.6) is 0 Å². The van der Waals surface area contributed by atoms with E-state index < -0.39 is 16.9 Å². The molecule has 0 saturated carbocycles. The Hall–Kier alpha value is -0.0500. The Labute approximate surface area is 71.7 Å². The van der Waals surface area contributed by atoms with Crippen molar-refractivity contribution in [2.45, 2.75) is 5.38 Å². The summed E-state index contributed by atoms with van der Waals surface area (Å²) in [5.74, 6) is -1.23. The van der Waals surface area contributed by atoms with Crippen molar-refractivity contribution >= 4 is 46.4 Å². The third-order valence-electron chi connectivity index (χ3n) is 1.09. The molecule has 0 aromatic carbocycles. The highest BCUT2D eigenvalue weighted by molar-refractivity contribution is 6.67. The van der Waals surface area contributed by atoms with E-state index in [-0.39, 0.29) is 10.1 Å². The normalized spacial score (nSPS) is 21.1. The van der Waals surface area contributed by atoms with E-state index in [0.29, 0.717) is 0 Å². The fourth-order valence-electron chi connectivity index (χ4n) is 0.558. The molecule has 10 heavy (non-hydrogen) atoms. The van der Waals surface area contributed by atoms with Crippen LogP contribution in [0.15, 0.2) is 10.1 Å².